The van der Waals surface area contributed by atoms with Crippen molar-refractivity contribution in [1.82, 2.24) is 34.3 Å². The van der Waals surface area contributed by atoms with Crippen molar-refractivity contribution >= 4 is 64.9 Å². The maximum absolute atomic E-state index is 5.99. The predicted octanol–water partition coefficient (Wildman–Crippen LogP) is 5.82. The van der Waals surface area contributed by atoms with E-state index < -0.39 is 0 Å². The number of thiophene rings is 1. The summed E-state index contributed by atoms with van der Waals surface area (Å²) in [6.45, 7) is 4.32. The number of ether oxygens (including phenoxy) is 1. The van der Waals surface area contributed by atoms with Gasteiger partial charge in [0, 0.05) is 22.3 Å². The van der Waals surface area contributed by atoms with Crippen molar-refractivity contribution < 1.29 is 4.74 Å². The molecule has 0 aliphatic carbocycles. The number of benzene rings is 1. The second kappa shape index (κ2) is 7.75. The number of aryl methyl sites for hydroxylation is 2. The standard InChI is InChI=1S/C22H15BrClN7OS/c1-11-7-12(2)26-22-17(11)18-19(33-22)21-27-20(29-31(21)9-25-18)15-5-6-30(28-15)10-32-16-4-3-13(24)8-14(16)23/h3-9H,10H2,1-2H3. The second-order valence-corrected chi connectivity index (χ2v) is 9.87. The summed E-state index contributed by atoms with van der Waals surface area (Å²) in [6.07, 6.45) is 3.52. The molecular formula is C22H15BrClN7OS. The molecule has 0 unspecified atom stereocenters. The van der Waals surface area contributed by atoms with Crippen LogP contribution in [0.25, 0.3) is 37.6 Å². The van der Waals surface area contributed by atoms with E-state index in [2.05, 4.69) is 49.1 Å². The topological polar surface area (TPSA) is 83.0 Å². The van der Waals surface area contributed by atoms with Gasteiger partial charge < -0.3 is 4.74 Å². The Kier molecular flexibility index (Phi) is 4.82. The molecule has 0 amide bonds. The summed E-state index contributed by atoms with van der Waals surface area (Å²) in [5, 5.41) is 10.9. The number of halogens is 2. The van der Waals surface area contributed by atoms with Gasteiger partial charge in [-0.05, 0) is 65.7 Å². The van der Waals surface area contributed by atoms with Crippen molar-refractivity contribution in [3.63, 3.8) is 0 Å². The van der Waals surface area contributed by atoms with Crippen LogP contribution in [0.4, 0.5) is 0 Å². The molecular weight excluding hydrogens is 526 g/mol. The molecule has 33 heavy (non-hydrogen) atoms. The average Bonchev–Trinajstić information content (AvgIpc) is 3.48. The highest BCUT2D eigenvalue weighted by Crippen LogP contribution is 2.36. The Morgan fingerprint density at radius 2 is 2.00 bits per heavy atom. The third kappa shape index (κ3) is 3.54. The van der Waals surface area contributed by atoms with Crippen LogP contribution in [0.5, 0.6) is 5.75 Å². The zero-order valence-corrected chi connectivity index (χ0v) is 20.6. The molecule has 1 aromatic carbocycles. The molecule has 5 heterocycles. The Labute approximate surface area is 205 Å². The summed E-state index contributed by atoms with van der Waals surface area (Å²) in [7, 11) is 0. The molecule has 6 aromatic rings. The first-order valence-corrected chi connectivity index (χ1v) is 12.0. The van der Waals surface area contributed by atoms with E-state index in [4.69, 9.17) is 21.3 Å². The highest BCUT2D eigenvalue weighted by atomic mass is 79.9. The zero-order chi connectivity index (χ0) is 22.7. The fourth-order valence-electron chi connectivity index (χ4n) is 3.76. The third-order valence-electron chi connectivity index (χ3n) is 5.21. The van der Waals surface area contributed by atoms with Crippen molar-refractivity contribution in [2.45, 2.75) is 20.6 Å². The number of hydrogen-bond donors (Lipinski definition) is 0. The van der Waals surface area contributed by atoms with Crippen LogP contribution < -0.4 is 4.74 Å². The monoisotopic (exact) mass is 539 g/mol. The lowest BCUT2D eigenvalue weighted by molar-refractivity contribution is 0.220. The van der Waals surface area contributed by atoms with Gasteiger partial charge in [-0.15, -0.1) is 16.4 Å². The Bertz CT molecular complexity index is 1690. The summed E-state index contributed by atoms with van der Waals surface area (Å²) in [5.41, 5.74) is 4.44. The van der Waals surface area contributed by atoms with Gasteiger partial charge in [-0.3, -0.25) is 0 Å². The van der Waals surface area contributed by atoms with Crippen molar-refractivity contribution in [2.24, 2.45) is 0 Å². The highest BCUT2D eigenvalue weighted by Gasteiger charge is 2.17. The van der Waals surface area contributed by atoms with Crippen molar-refractivity contribution in [2.75, 3.05) is 0 Å². The molecule has 0 saturated carbocycles. The summed E-state index contributed by atoms with van der Waals surface area (Å²) in [6, 6.07) is 9.30. The number of aromatic nitrogens is 7. The van der Waals surface area contributed by atoms with Gasteiger partial charge in [-0.1, -0.05) is 11.6 Å². The van der Waals surface area contributed by atoms with Crippen LogP contribution >= 0.6 is 38.9 Å². The van der Waals surface area contributed by atoms with E-state index in [0.29, 0.717) is 22.3 Å². The van der Waals surface area contributed by atoms with Crippen molar-refractivity contribution in [1.29, 1.82) is 0 Å². The quantitative estimate of drug-likeness (QED) is 0.280. The zero-order valence-electron chi connectivity index (χ0n) is 17.5. The van der Waals surface area contributed by atoms with Crippen molar-refractivity contribution in [3.8, 4) is 17.3 Å². The molecule has 0 fully saturated rings. The van der Waals surface area contributed by atoms with Gasteiger partial charge in [-0.2, -0.15) is 5.10 Å². The Morgan fingerprint density at radius 1 is 1.12 bits per heavy atom. The minimum absolute atomic E-state index is 0.236. The molecule has 0 aliphatic rings. The van der Waals surface area contributed by atoms with Crippen LogP contribution in [0.1, 0.15) is 11.3 Å². The molecule has 164 valence electrons. The van der Waals surface area contributed by atoms with E-state index in [1.54, 1.807) is 39.0 Å². The molecule has 6 rings (SSSR count). The third-order valence-corrected chi connectivity index (χ3v) is 7.13. The van der Waals surface area contributed by atoms with Crippen LogP contribution in [0.15, 0.2) is 47.3 Å². The number of nitrogens with zero attached hydrogens (tertiary/aromatic N) is 7. The summed E-state index contributed by atoms with van der Waals surface area (Å²) in [4.78, 5) is 15.1. The van der Waals surface area contributed by atoms with Gasteiger partial charge in [-0.25, -0.2) is 24.1 Å². The molecule has 0 radical (unpaired) electrons. The second-order valence-electron chi connectivity index (χ2n) is 7.58. The van der Waals surface area contributed by atoms with Gasteiger partial charge in [0.25, 0.3) is 0 Å². The molecule has 11 heteroatoms. The number of hydrogen-bond acceptors (Lipinski definition) is 7. The number of pyridine rings is 1. The highest BCUT2D eigenvalue weighted by molar-refractivity contribution is 9.10. The Balaban J connectivity index is 1.34. The Morgan fingerprint density at radius 3 is 2.85 bits per heavy atom. The molecule has 0 bridgehead atoms. The molecule has 8 nitrogen and oxygen atoms in total. The van der Waals surface area contributed by atoms with Crippen LogP contribution in [-0.2, 0) is 6.73 Å². The van der Waals surface area contributed by atoms with Gasteiger partial charge in [0.1, 0.15) is 27.3 Å². The van der Waals surface area contributed by atoms with Gasteiger partial charge in [0.15, 0.2) is 12.4 Å². The van der Waals surface area contributed by atoms with Gasteiger partial charge in [0.05, 0.1) is 9.99 Å². The van der Waals surface area contributed by atoms with E-state index in [0.717, 1.165) is 41.8 Å². The van der Waals surface area contributed by atoms with Gasteiger partial charge in [0.2, 0.25) is 5.82 Å². The van der Waals surface area contributed by atoms with E-state index in [9.17, 15) is 0 Å². The summed E-state index contributed by atoms with van der Waals surface area (Å²) < 4.78 is 11.0. The number of rotatable bonds is 4. The van der Waals surface area contributed by atoms with Gasteiger partial charge >= 0.3 is 0 Å². The molecule has 0 saturated heterocycles. The molecule has 5 aromatic heterocycles. The lowest BCUT2D eigenvalue weighted by atomic mass is 10.1. The first-order chi connectivity index (χ1) is 16.0. The fraction of sp³-hybridized carbons (Fsp3) is 0.136. The summed E-state index contributed by atoms with van der Waals surface area (Å²) in [5.74, 6) is 1.20. The van der Waals surface area contributed by atoms with Crippen LogP contribution in [0.3, 0.4) is 0 Å². The molecule has 0 N–H and O–H groups in total. The first-order valence-electron chi connectivity index (χ1n) is 10.00. The minimum Gasteiger partial charge on any atom is -0.470 e. The molecule has 0 spiro atoms. The SMILES string of the molecule is Cc1cc(C)c2c(n1)sc1c2ncn2nc(-c3ccn(COc4ccc(Cl)cc4Br)n3)nc12. The predicted molar refractivity (Wildman–Crippen MR) is 132 cm³/mol. The molecule has 0 atom stereocenters. The fourth-order valence-corrected chi connectivity index (χ4v) is 5.78. The first kappa shape index (κ1) is 20.5. The van der Waals surface area contributed by atoms with Crippen LogP contribution in [-0.4, -0.2) is 34.3 Å². The van der Waals surface area contributed by atoms with E-state index >= 15 is 0 Å². The maximum atomic E-state index is 5.99. The Hall–Kier alpha value is -3.08. The normalized spacial score (nSPS) is 11.8. The lowest BCUT2D eigenvalue weighted by Gasteiger charge is -2.08. The minimum atomic E-state index is 0.236. The maximum Gasteiger partial charge on any atom is 0.202 e. The average molecular weight is 541 g/mol. The summed E-state index contributed by atoms with van der Waals surface area (Å²) >= 11 is 11.0. The van der Waals surface area contributed by atoms with E-state index in [1.165, 1.54) is 0 Å². The van der Waals surface area contributed by atoms with Crippen molar-refractivity contribution in [3.05, 3.63) is 63.6 Å². The molecule has 0 aliphatic heterocycles. The van der Waals surface area contributed by atoms with Crippen LogP contribution in [0, 0.1) is 13.8 Å². The lowest BCUT2D eigenvalue weighted by Crippen LogP contribution is -2.06. The van der Waals surface area contributed by atoms with E-state index in [-0.39, 0.29) is 6.73 Å². The van der Waals surface area contributed by atoms with E-state index in [1.807, 2.05) is 25.3 Å². The van der Waals surface area contributed by atoms with Crippen LogP contribution in [0.2, 0.25) is 5.02 Å². The smallest absolute Gasteiger partial charge is 0.202 e. The largest absolute Gasteiger partial charge is 0.470 e. The number of fused-ring (bicyclic) bond motifs is 5.